The van der Waals surface area contributed by atoms with Crippen LogP contribution in [0.4, 0.5) is 0 Å². The molecule has 1 unspecified atom stereocenters. The van der Waals surface area contributed by atoms with E-state index >= 15 is 0 Å². The van der Waals surface area contributed by atoms with Crippen LogP contribution in [-0.2, 0) is 6.54 Å². The quantitative estimate of drug-likeness (QED) is 0.852. The summed E-state index contributed by atoms with van der Waals surface area (Å²) in [5.41, 5.74) is 5.68. The van der Waals surface area contributed by atoms with Crippen molar-refractivity contribution in [2.24, 2.45) is 5.73 Å². The number of rotatable bonds is 4. The van der Waals surface area contributed by atoms with Gasteiger partial charge < -0.3 is 10.5 Å². The molecule has 0 spiro atoms. The van der Waals surface area contributed by atoms with Crippen molar-refractivity contribution in [2.75, 3.05) is 0 Å². The molecule has 1 atom stereocenters. The number of para-hydroxylation sites is 1. The number of hydrogen-bond acceptors (Lipinski definition) is 3. The maximum atomic E-state index is 5.68. The molecule has 0 aliphatic carbocycles. The van der Waals surface area contributed by atoms with Crippen LogP contribution in [0.25, 0.3) is 0 Å². The summed E-state index contributed by atoms with van der Waals surface area (Å²) in [6, 6.07) is 9.71. The van der Waals surface area contributed by atoms with E-state index in [2.05, 4.69) is 5.10 Å². The Kier molecular flexibility index (Phi) is 3.22. The van der Waals surface area contributed by atoms with E-state index in [1.807, 2.05) is 43.5 Å². The smallest absolute Gasteiger partial charge is 0.165 e. The second-order valence-corrected chi connectivity index (χ2v) is 3.79. The molecular weight excluding hydrogens is 202 g/mol. The SMILES string of the molecule is CC(N)Cn1cc(Oc2ccccc2)cn1. The van der Waals surface area contributed by atoms with Crippen LogP contribution in [-0.4, -0.2) is 15.8 Å². The number of nitrogens with zero attached hydrogens (tertiary/aromatic N) is 2. The lowest BCUT2D eigenvalue weighted by Gasteiger charge is -2.04. The number of aromatic nitrogens is 2. The van der Waals surface area contributed by atoms with Crippen LogP contribution >= 0.6 is 0 Å². The lowest BCUT2D eigenvalue weighted by atomic mass is 10.3. The van der Waals surface area contributed by atoms with Gasteiger partial charge in [-0.1, -0.05) is 18.2 Å². The zero-order chi connectivity index (χ0) is 11.4. The van der Waals surface area contributed by atoms with Crippen molar-refractivity contribution in [3.8, 4) is 11.5 Å². The van der Waals surface area contributed by atoms with Gasteiger partial charge in [-0.2, -0.15) is 5.10 Å². The van der Waals surface area contributed by atoms with E-state index in [1.54, 1.807) is 10.9 Å². The molecule has 0 radical (unpaired) electrons. The van der Waals surface area contributed by atoms with Gasteiger partial charge in [-0.05, 0) is 19.1 Å². The molecule has 0 saturated carbocycles. The first-order valence-corrected chi connectivity index (χ1v) is 5.25. The van der Waals surface area contributed by atoms with Gasteiger partial charge in [-0.15, -0.1) is 0 Å². The van der Waals surface area contributed by atoms with Crippen LogP contribution in [0.1, 0.15) is 6.92 Å². The third-order valence-electron chi connectivity index (χ3n) is 2.06. The summed E-state index contributed by atoms with van der Waals surface area (Å²) in [6.07, 6.45) is 3.53. The van der Waals surface area contributed by atoms with Gasteiger partial charge in [0.25, 0.3) is 0 Å². The minimum Gasteiger partial charge on any atom is -0.454 e. The first kappa shape index (κ1) is 10.7. The maximum Gasteiger partial charge on any atom is 0.165 e. The van der Waals surface area contributed by atoms with Gasteiger partial charge in [-0.3, -0.25) is 4.68 Å². The van der Waals surface area contributed by atoms with Crippen molar-refractivity contribution in [1.29, 1.82) is 0 Å². The third-order valence-corrected chi connectivity index (χ3v) is 2.06. The normalized spacial score (nSPS) is 12.4. The average Bonchev–Trinajstić information content (AvgIpc) is 2.66. The van der Waals surface area contributed by atoms with E-state index in [1.165, 1.54) is 0 Å². The molecule has 4 heteroatoms. The molecule has 0 fully saturated rings. The van der Waals surface area contributed by atoms with Gasteiger partial charge in [0, 0.05) is 6.04 Å². The Morgan fingerprint density at radius 1 is 1.31 bits per heavy atom. The summed E-state index contributed by atoms with van der Waals surface area (Å²) in [5.74, 6) is 1.54. The van der Waals surface area contributed by atoms with Crippen molar-refractivity contribution < 1.29 is 4.74 Å². The average molecular weight is 217 g/mol. The maximum absolute atomic E-state index is 5.68. The molecule has 1 aromatic heterocycles. The Labute approximate surface area is 94.6 Å². The van der Waals surface area contributed by atoms with Crippen molar-refractivity contribution in [3.63, 3.8) is 0 Å². The largest absolute Gasteiger partial charge is 0.454 e. The van der Waals surface area contributed by atoms with Crippen LogP contribution in [0.5, 0.6) is 11.5 Å². The van der Waals surface area contributed by atoms with Crippen LogP contribution in [0.2, 0.25) is 0 Å². The third kappa shape index (κ3) is 2.84. The van der Waals surface area contributed by atoms with Gasteiger partial charge in [0.2, 0.25) is 0 Å². The Balaban J connectivity index is 2.03. The Morgan fingerprint density at radius 3 is 2.75 bits per heavy atom. The summed E-state index contributed by atoms with van der Waals surface area (Å²) < 4.78 is 7.40. The molecule has 1 heterocycles. The summed E-state index contributed by atoms with van der Waals surface area (Å²) in [5, 5.41) is 4.16. The molecule has 0 bridgehead atoms. The fourth-order valence-electron chi connectivity index (χ4n) is 1.42. The summed E-state index contributed by atoms with van der Waals surface area (Å²) >= 11 is 0. The minimum absolute atomic E-state index is 0.0875. The highest BCUT2D eigenvalue weighted by Crippen LogP contribution is 2.19. The molecule has 0 saturated heterocycles. The number of ether oxygens (including phenoxy) is 1. The molecule has 2 rings (SSSR count). The van der Waals surface area contributed by atoms with E-state index in [9.17, 15) is 0 Å². The Morgan fingerprint density at radius 2 is 2.06 bits per heavy atom. The lowest BCUT2D eigenvalue weighted by molar-refractivity contribution is 0.479. The van der Waals surface area contributed by atoms with Gasteiger partial charge in [0.1, 0.15) is 5.75 Å². The molecule has 84 valence electrons. The molecule has 2 aromatic rings. The lowest BCUT2D eigenvalue weighted by Crippen LogP contribution is -2.22. The monoisotopic (exact) mass is 217 g/mol. The molecule has 0 aliphatic rings. The molecule has 2 N–H and O–H groups in total. The first-order chi connectivity index (χ1) is 7.74. The number of hydrogen-bond donors (Lipinski definition) is 1. The van der Waals surface area contributed by atoms with E-state index in [4.69, 9.17) is 10.5 Å². The van der Waals surface area contributed by atoms with Crippen LogP contribution in [0.3, 0.4) is 0 Å². The molecule has 0 aliphatic heterocycles. The van der Waals surface area contributed by atoms with E-state index in [0.717, 1.165) is 11.5 Å². The second-order valence-electron chi connectivity index (χ2n) is 3.79. The number of nitrogens with two attached hydrogens (primary N) is 1. The fourth-order valence-corrected chi connectivity index (χ4v) is 1.42. The summed E-state index contributed by atoms with van der Waals surface area (Å²) in [6.45, 7) is 2.64. The fraction of sp³-hybridized carbons (Fsp3) is 0.250. The van der Waals surface area contributed by atoms with Crippen molar-refractivity contribution >= 4 is 0 Å². The van der Waals surface area contributed by atoms with Crippen LogP contribution < -0.4 is 10.5 Å². The topological polar surface area (TPSA) is 53.1 Å². The van der Waals surface area contributed by atoms with E-state index in [0.29, 0.717) is 6.54 Å². The van der Waals surface area contributed by atoms with Crippen molar-refractivity contribution in [3.05, 3.63) is 42.7 Å². The molecule has 16 heavy (non-hydrogen) atoms. The van der Waals surface area contributed by atoms with Crippen molar-refractivity contribution in [1.82, 2.24) is 9.78 Å². The predicted molar refractivity (Wildman–Crippen MR) is 62.4 cm³/mol. The molecular formula is C12H15N3O. The first-order valence-electron chi connectivity index (χ1n) is 5.25. The van der Waals surface area contributed by atoms with Crippen LogP contribution in [0.15, 0.2) is 42.7 Å². The second kappa shape index (κ2) is 4.81. The summed E-state index contributed by atoms with van der Waals surface area (Å²) in [7, 11) is 0. The highest BCUT2D eigenvalue weighted by Gasteiger charge is 2.02. The predicted octanol–water partition coefficient (Wildman–Crippen LogP) is 2.02. The van der Waals surface area contributed by atoms with Gasteiger partial charge in [-0.25, -0.2) is 0 Å². The highest BCUT2D eigenvalue weighted by molar-refractivity contribution is 5.27. The molecule has 4 nitrogen and oxygen atoms in total. The zero-order valence-corrected chi connectivity index (χ0v) is 9.21. The summed E-state index contributed by atoms with van der Waals surface area (Å²) in [4.78, 5) is 0. The van der Waals surface area contributed by atoms with E-state index in [-0.39, 0.29) is 6.04 Å². The highest BCUT2D eigenvalue weighted by atomic mass is 16.5. The zero-order valence-electron chi connectivity index (χ0n) is 9.21. The van der Waals surface area contributed by atoms with E-state index < -0.39 is 0 Å². The number of benzene rings is 1. The molecule has 0 amide bonds. The van der Waals surface area contributed by atoms with Gasteiger partial charge in [0.15, 0.2) is 5.75 Å². The molecule has 1 aromatic carbocycles. The van der Waals surface area contributed by atoms with Crippen molar-refractivity contribution in [2.45, 2.75) is 19.5 Å². The standard InChI is InChI=1S/C12H15N3O/c1-10(13)8-15-9-12(7-14-15)16-11-5-3-2-4-6-11/h2-7,9-10H,8,13H2,1H3. The Bertz CT molecular complexity index is 437. The van der Waals surface area contributed by atoms with Crippen LogP contribution in [0, 0.1) is 0 Å². The van der Waals surface area contributed by atoms with Gasteiger partial charge >= 0.3 is 0 Å². The minimum atomic E-state index is 0.0875. The Hall–Kier alpha value is -1.81. The van der Waals surface area contributed by atoms with Gasteiger partial charge in [0.05, 0.1) is 18.9 Å².